The third kappa shape index (κ3) is 4.47. The van der Waals surface area contributed by atoms with Crippen molar-refractivity contribution in [2.24, 2.45) is 0 Å². The maximum atomic E-state index is 12.8. The van der Waals surface area contributed by atoms with Gasteiger partial charge in [0, 0.05) is 11.6 Å². The van der Waals surface area contributed by atoms with E-state index in [2.05, 4.69) is 5.32 Å². The molecule has 1 aliphatic heterocycles. The van der Waals surface area contributed by atoms with Crippen LogP contribution in [0, 0.1) is 0 Å². The SMILES string of the molecule is COc1ccccc1OCC(=O)c1ccc2c(c1)N(C(C)C(=O)NC1CC1)C(=O)CO2. The van der Waals surface area contributed by atoms with Crippen LogP contribution in [0.2, 0.25) is 0 Å². The number of methoxy groups -OCH3 is 1. The van der Waals surface area contributed by atoms with Crippen molar-refractivity contribution in [2.45, 2.75) is 31.8 Å². The third-order valence-corrected chi connectivity index (χ3v) is 5.28. The van der Waals surface area contributed by atoms with Gasteiger partial charge in [-0.15, -0.1) is 0 Å². The van der Waals surface area contributed by atoms with Crippen LogP contribution >= 0.6 is 0 Å². The Hall–Kier alpha value is -3.55. The predicted octanol–water partition coefficient (Wildman–Crippen LogP) is 2.35. The number of carbonyl (C=O) groups excluding carboxylic acids is 3. The van der Waals surface area contributed by atoms with E-state index in [4.69, 9.17) is 14.2 Å². The number of nitrogens with zero attached hydrogens (tertiary/aromatic N) is 1. The molecule has 1 atom stereocenters. The van der Waals surface area contributed by atoms with Gasteiger partial charge in [0.15, 0.2) is 30.5 Å². The number of Topliss-reactive ketones (excluding diaryl/α,β-unsaturated/α-hetero) is 1. The number of amides is 2. The predicted molar refractivity (Wildman–Crippen MR) is 113 cm³/mol. The van der Waals surface area contributed by atoms with Crippen molar-refractivity contribution in [3.05, 3.63) is 48.0 Å². The number of ketones is 1. The van der Waals surface area contributed by atoms with E-state index in [0.29, 0.717) is 28.5 Å². The molecule has 1 heterocycles. The zero-order chi connectivity index (χ0) is 22.0. The van der Waals surface area contributed by atoms with Crippen LogP contribution in [0.3, 0.4) is 0 Å². The van der Waals surface area contributed by atoms with Gasteiger partial charge in [-0.2, -0.15) is 0 Å². The number of carbonyl (C=O) groups is 3. The van der Waals surface area contributed by atoms with E-state index in [1.807, 2.05) is 6.07 Å². The molecule has 1 saturated carbocycles. The molecule has 1 aliphatic carbocycles. The molecule has 2 aromatic carbocycles. The average Bonchev–Trinajstić information content (AvgIpc) is 3.60. The van der Waals surface area contributed by atoms with Crippen LogP contribution in [0.5, 0.6) is 17.2 Å². The second kappa shape index (κ2) is 8.67. The van der Waals surface area contributed by atoms with Gasteiger partial charge < -0.3 is 19.5 Å². The first-order valence-corrected chi connectivity index (χ1v) is 10.2. The number of rotatable bonds is 8. The first-order valence-electron chi connectivity index (χ1n) is 10.2. The molecule has 8 heteroatoms. The summed E-state index contributed by atoms with van der Waals surface area (Å²) >= 11 is 0. The van der Waals surface area contributed by atoms with Crippen molar-refractivity contribution < 1.29 is 28.6 Å². The van der Waals surface area contributed by atoms with Gasteiger partial charge in [-0.1, -0.05) is 12.1 Å². The smallest absolute Gasteiger partial charge is 0.265 e. The molecule has 0 aromatic heterocycles. The Bertz CT molecular complexity index is 1020. The van der Waals surface area contributed by atoms with Gasteiger partial charge in [-0.3, -0.25) is 19.3 Å². The molecular weight excluding hydrogens is 400 g/mol. The second-order valence-corrected chi connectivity index (χ2v) is 7.56. The molecule has 1 N–H and O–H groups in total. The molecule has 2 amide bonds. The van der Waals surface area contributed by atoms with E-state index in [1.165, 1.54) is 12.0 Å². The maximum Gasteiger partial charge on any atom is 0.265 e. The van der Waals surface area contributed by atoms with E-state index in [9.17, 15) is 14.4 Å². The Balaban J connectivity index is 1.53. The molecule has 162 valence electrons. The first-order chi connectivity index (χ1) is 15.0. The van der Waals surface area contributed by atoms with Crippen molar-refractivity contribution in [3.63, 3.8) is 0 Å². The summed E-state index contributed by atoms with van der Waals surface area (Å²) in [6.07, 6.45) is 1.91. The molecule has 0 radical (unpaired) electrons. The summed E-state index contributed by atoms with van der Waals surface area (Å²) in [7, 11) is 1.53. The molecular formula is C23H24N2O6. The Morgan fingerprint density at radius 1 is 1.19 bits per heavy atom. The van der Waals surface area contributed by atoms with Crippen molar-refractivity contribution in [1.29, 1.82) is 0 Å². The highest BCUT2D eigenvalue weighted by molar-refractivity contribution is 6.06. The molecule has 0 spiro atoms. The molecule has 1 unspecified atom stereocenters. The average molecular weight is 424 g/mol. The summed E-state index contributed by atoms with van der Waals surface area (Å²) in [6.45, 7) is 1.31. The summed E-state index contributed by atoms with van der Waals surface area (Å²) in [5.41, 5.74) is 0.754. The quantitative estimate of drug-likeness (QED) is 0.654. The minimum atomic E-state index is -0.717. The van der Waals surface area contributed by atoms with Gasteiger partial charge in [0.2, 0.25) is 5.91 Å². The van der Waals surface area contributed by atoms with Crippen LogP contribution < -0.4 is 24.4 Å². The summed E-state index contributed by atoms with van der Waals surface area (Å²) in [5.74, 6) is 0.610. The van der Waals surface area contributed by atoms with Gasteiger partial charge in [-0.05, 0) is 50.1 Å². The number of hydrogen-bond donors (Lipinski definition) is 1. The molecule has 2 aromatic rings. The van der Waals surface area contributed by atoms with Crippen LogP contribution in [0.15, 0.2) is 42.5 Å². The zero-order valence-corrected chi connectivity index (χ0v) is 17.4. The highest BCUT2D eigenvalue weighted by atomic mass is 16.5. The van der Waals surface area contributed by atoms with Crippen molar-refractivity contribution in [3.8, 4) is 17.2 Å². The largest absolute Gasteiger partial charge is 0.493 e. The number of hydrogen-bond acceptors (Lipinski definition) is 6. The van der Waals surface area contributed by atoms with Crippen molar-refractivity contribution >= 4 is 23.3 Å². The summed E-state index contributed by atoms with van der Waals surface area (Å²) in [6, 6.07) is 11.4. The van der Waals surface area contributed by atoms with Gasteiger partial charge in [-0.25, -0.2) is 0 Å². The number of anilines is 1. The summed E-state index contributed by atoms with van der Waals surface area (Å²) in [4.78, 5) is 39.3. The highest BCUT2D eigenvalue weighted by Gasteiger charge is 2.35. The van der Waals surface area contributed by atoms with Crippen LogP contribution in [-0.4, -0.2) is 50.0 Å². The van der Waals surface area contributed by atoms with E-state index in [0.717, 1.165) is 12.8 Å². The molecule has 0 bridgehead atoms. The van der Waals surface area contributed by atoms with Crippen LogP contribution in [0.25, 0.3) is 0 Å². The fourth-order valence-corrected chi connectivity index (χ4v) is 3.40. The van der Waals surface area contributed by atoms with Gasteiger partial charge >= 0.3 is 0 Å². The molecule has 8 nitrogen and oxygen atoms in total. The number of benzene rings is 2. The lowest BCUT2D eigenvalue weighted by molar-refractivity contribution is -0.127. The summed E-state index contributed by atoms with van der Waals surface area (Å²) < 4.78 is 16.4. The van der Waals surface area contributed by atoms with E-state index >= 15 is 0 Å². The fourth-order valence-electron chi connectivity index (χ4n) is 3.40. The number of fused-ring (bicyclic) bond motifs is 1. The van der Waals surface area contributed by atoms with Gasteiger partial charge in [0.05, 0.1) is 12.8 Å². The fraction of sp³-hybridized carbons (Fsp3) is 0.348. The normalized spacial score (nSPS) is 16.1. The molecule has 2 aliphatic rings. The van der Waals surface area contributed by atoms with Crippen LogP contribution in [0.4, 0.5) is 5.69 Å². The van der Waals surface area contributed by atoms with E-state index in [-0.39, 0.29) is 36.9 Å². The van der Waals surface area contributed by atoms with Crippen molar-refractivity contribution in [1.82, 2.24) is 5.32 Å². The van der Waals surface area contributed by atoms with Gasteiger partial charge in [0.25, 0.3) is 5.91 Å². The van der Waals surface area contributed by atoms with Crippen LogP contribution in [0.1, 0.15) is 30.1 Å². The Morgan fingerprint density at radius 3 is 2.65 bits per heavy atom. The lowest BCUT2D eigenvalue weighted by Crippen LogP contribution is -2.51. The van der Waals surface area contributed by atoms with Crippen LogP contribution in [-0.2, 0) is 9.59 Å². The molecule has 31 heavy (non-hydrogen) atoms. The Kier molecular flexibility index (Phi) is 5.79. The number of ether oxygens (including phenoxy) is 3. The monoisotopic (exact) mass is 424 g/mol. The maximum absolute atomic E-state index is 12.8. The Labute approximate surface area is 180 Å². The van der Waals surface area contributed by atoms with E-state index in [1.54, 1.807) is 43.3 Å². The molecule has 4 rings (SSSR count). The van der Waals surface area contributed by atoms with Gasteiger partial charge in [0.1, 0.15) is 11.8 Å². The molecule has 1 fully saturated rings. The number of nitrogens with one attached hydrogen (secondary N) is 1. The molecule has 0 saturated heterocycles. The lowest BCUT2D eigenvalue weighted by atomic mass is 10.1. The standard InChI is InChI=1S/C23H24N2O6/c1-14(23(28)24-16-8-9-16)25-17-11-15(7-10-19(17)31-13-22(25)27)18(26)12-30-21-6-4-3-5-20(21)29-2/h3-7,10-11,14,16H,8-9,12-13H2,1-2H3,(H,24,28). The second-order valence-electron chi connectivity index (χ2n) is 7.56. The lowest BCUT2D eigenvalue weighted by Gasteiger charge is -2.33. The third-order valence-electron chi connectivity index (χ3n) is 5.28. The van der Waals surface area contributed by atoms with Crippen molar-refractivity contribution in [2.75, 3.05) is 25.2 Å². The topological polar surface area (TPSA) is 94.2 Å². The van der Waals surface area contributed by atoms with E-state index < -0.39 is 6.04 Å². The summed E-state index contributed by atoms with van der Waals surface area (Å²) in [5, 5.41) is 2.92. The Morgan fingerprint density at radius 2 is 1.94 bits per heavy atom. The minimum absolute atomic E-state index is 0.155. The zero-order valence-electron chi connectivity index (χ0n) is 17.4. The minimum Gasteiger partial charge on any atom is -0.493 e. The number of para-hydroxylation sites is 2. The first kappa shape index (κ1) is 20.7. The highest BCUT2D eigenvalue weighted by Crippen LogP contribution is 2.35.